The maximum Gasteiger partial charge on any atom is 0.416 e. The lowest BCUT2D eigenvalue weighted by Gasteiger charge is -2.37. The van der Waals surface area contributed by atoms with E-state index >= 15 is 0 Å². The number of ether oxygens (including phenoxy) is 3. The highest BCUT2D eigenvalue weighted by Gasteiger charge is 2.38. The van der Waals surface area contributed by atoms with Crippen LogP contribution in [0.25, 0.3) is 11.1 Å². The summed E-state index contributed by atoms with van der Waals surface area (Å²) in [6.07, 6.45) is -5.14. The molecule has 0 radical (unpaired) electrons. The van der Waals surface area contributed by atoms with Crippen LogP contribution in [0, 0.1) is 0 Å². The highest BCUT2D eigenvalue weighted by molar-refractivity contribution is 5.90. The molecule has 5 aromatic rings. The Balaban J connectivity index is 1.15. The third-order valence-electron chi connectivity index (χ3n) is 9.10. The molecule has 1 heterocycles. The van der Waals surface area contributed by atoms with Crippen molar-refractivity contribution in [1.29, 1.82) is 0 Å². The average molecular weight is 767 g/mol. The number of hydrogen-bond donors (Lipinski definition) is 2. The Bertz CT molecular complexity index is 2170. The van der Waals surface area contributed by atoms with Crippen LogP contribution in [0.1, 0.15) is 48.6 Å². The maximum absolute atomic E-state index is 13.9. The zero-order valence-corrected chi connectivity index (χ0v) is 31.0. The molecule has 2 N–H and O–H groups in total. The van der Waals surface area contributed by atoms with Crippen LogP contribution in [-0.4, -0.2) is 45.7 Å². The van der Waals surface area contributed by atoms with Gasteiger partial charge in [-0.15, -0.1) is 0 Å². The van der Waals surface area contributed by atoms with Gasteiger partial charge < -0.3 is 24.6 Å². The Morgan fingerprint density at radius 3 is 2.12 bits per heavy atom. The molecule has 5 aromatic carbocycles. The first-order valence-electron chi connectivity index (χ1n) is 18.0. The molecule has 12 heteroatoms. The number of hydrogen-bond acceptors (Lipinski definition) is 6. The largest absolute Gasteiger partial charge is 0.489 e. The van der Waals surface area contributed by atoms with Crippen molar-refractivity contribution in [2.45, 2.75) is 70.6 Å². The van der Waals surface area contributed by atoms with E-state index in [9.17, 15) is 32.7 Å². The highest BCUT2D eigenvalue weighted by Crippen LogP contribution is 2.34. The smallest absolute Gasteiger partial charge is 0.416 e. The fourth-order valence-electron chi connectivity index (χ4n) is 6.29. The lowest BCUT2D eigenvalue weighted by Crippen LogP contribution is -2.56. The molecule has 0 fully saturated rings. The lowest BCUT2D eigenvalue weighted by atomic mass is 9.93. The summed E-state index contributed by atoms with van der Waals surface area (Å²) in [7, 11) is 0. The van der Waals surface area contributed by atoms with Crippen LogP contribution in [0.3, 0.4) is 0 Å². The molecule has 0 unspecified atom stereocenters. The third kappa shape index (κ3) is 10.1. The predicted molar refractivity (Wildman–Crippen MR) is 203 cm³/mol. The van der Waals surface area contributed by atoms with E-state index in [1.165, 1.54) is 17.0 Å². The van der Waals surface area contributed by atoms with Crippen LogP contribution in [0.5, 0.6) is 17.2 Å². The molecule has 0 bridgehead atoms. The SMILES string of the molecule is CC(C)(C)OC(=O)N1Cc2cc(OCc3ccc(C(F)(F)F)cc3)ccc2C[C@H]1C(=O)N[C@@H](Cc1ccc(-c2ccccc2Oc2ccccc2)cc1)C(=O)O. The number of rotatable bonds is 11. The van der Waals surface area contributed by atoms with E-state index in [2.05, 4.69) is 5.32 Å². The van der Waals surface area contributed by atoms with E-state index < -0.39 is 47.4 Å². The Morgan fingerprint density at radius 2 is 1.46 bits per heavy atom. The quantitative estimate of drug-likeness (QED) is 0.138. The number of nitrogens with zero attached hydrogens (tertiary/aromatic N) is 1. The Labute approximate surface area is 322 Å². The molecule has 6 rings (SSSR count). The molecule has 2 amide bonds. The highest BCUT2D eigenvalue weighted by atomic mass is 19.4. The van der Waals surface area contributed by atoms with E-state index in [0.717, 1.165) is 28.8 Å². The monoisotopic (exact) mass is 766 g/mol. The first-order valence-corrected chi connectivity index (χ1v) is 18.0. The normalized spacial score (nSPS) is 14.6. The number of aliphatic carboxylic acids is 1. The molecular weight excluding hydrogens is 725 g/mol. The minimum absolute atomic E-state index is 0.00695. The predicted octanol–water partition coefficient (Wildman–Crippen LogP) is 9.22. The number of halogens is 3. The number of fused-ring (bicyclic) bond motifs is 1. The van der Waals surface area contributed by atoms with Gasteiger partial charge in [-0.2, -0.15) is 13.2 Å². The molecule has 0 aromatic heterocycles. The van der Waals surface area contributed by atoms with Gasteiger partial charge in [0.25, 0.3) is 0 Å². The van der Waals surface area contributed by atoms with Gasteiger partial charge in [-0.1, -0.05) is 78.9 Å². The number of carboxylic acid groups (broad SMARTS) is 1. The van der Waals surface area contributed by atoms with E-state index in [0.29, 0.717) is 33.9 Å². The Hall–Kier alpha value is -6.30. The first-order chi connectivity index (χ1) is 26.6. The van der Waals surface area contributed by atoms with Gasteiger partial charge in [0.2, 0.25) is 5.91 Å². The molecule has 2 atom stereocenters. The summed E-state index contributed by atoms with van der Waals surface area (Å²) < 4.78 is 56.5. The summed E-state index contributed by atoms with van der Waals surface area (Å²) in [4.78, 5) is 41.2. The molecule has 290 valence electrons. The number of alkyl halides is 3. The minimum atomic E-state index is -4.44. The second-order valence-electron chi connectivity index (χ2n) is 14.5. The zero-order chi connectivity index (χ0) is 40.0. The minimum Gasteiger partial charge on any atom is -0.489 e. The van der Waals surface area contributed by atoms with Gasteiger partial charge in [-0.25, -0.2) is 9.59 Å². The topological polar surface area (TPSA) is 114 Å². The summed E-state index contributed by atoms with van der Waals surface area (Å²) >= 11 is 0. The fraction of sp³-hybridized carbons (Fsp3) is 0.250. The number of amides is 2. The van der Waals surface area contributed by atoms with Crippen LogP contribution in [-0.2, 0) is 46.5 Å². The van der Waals surface area contributed by atoms with E-state index in [4.69, 9.17) is 14.2 Å². The van der Waals surface area contributed by atoms with Crippen molar-refractivity contribution < 1.29 is 46.9 Å². The fourth-order valence-corrected chi connectivity index (χ4v) is 6.29. The number of carbonyl (C=O) groups excluding carboxylic acids is 2. The first kappa shape index (κ1) is 39.4. The summed E-state index contributed by atoms with van der Waals surface area (Å²) in [5.41, 5.74) is 2.69. The van der Waals surface area contributed by atoms with Crippen molar-refractivity contribution in [1.82, 2.24) is 10.2 Å². The standard InChI is InChI=1S/C44H41F3N2O7/c1-43(2,3)56-42(53)49-26-32-24-35(54-27-29-15-20-33(21-16-29)44(45,46)47)22-19-31(32)25-38(49)40(50)48-37(41(51)52)23-28-13-17-30(18-14-28)36-11-7-8-12-39(36)55-34-9-5-4-6-10-34/h4-22,24,37-38H,23,25-27H2,1-3H3,(H,48,50)(H,51,52)/t37-,38-/m0/s1. The van der Waals surface area contributed by atoms with Crippen molar-refractivity contribution in [2.24, 2.45) is 0 Å². The van der Waals surface area contributed by atoms with E-state index in [1.807, 2.05) is 66.7 Å². The number of carboxylic acids is 1. The van der Waals surface area contributed by atoms with Gasteiger partial charge in [-0.05, 0) is 91.1 Å². The van der Waals surface area contributed by atoms with Crippen LogP contribution >= 0.6 is 0 Å². The van der Waals surface area contributed by atoms with Crippen LogP contribution < -0.4 is 14.8 Å². The Morgan fingerprint density at radius 1 is 0.804 bits per heavy atom. The number of carbonyl (C=O) groups is 3. The number of nitrogens with one attached hydrogen (secondary N) is 1. The molecule has 0 saturated carbocycles. The summed E-state index contributed by atoms with van der Waals surface area (Å²) in [6.45, 7) is 5.07. The molecule has 9 nitrogen and oxygen atoms in total. The molecule has 0 spiro atoms. The van der Waals surface area contributed by atoms with Crippen LogP contribution in [0.4, 0.5) is 18.0 Å². The third-order valence-corrected chi connectivity index (χ3v) is 9.10. The molecule has 56 heavy (non-hydrogen) atoms. The molecule has 0 saturated heterocycles. The van der Waals surface area contributed by atoms with Crippen molar-refractivity contribution in [2.75, 3.05) is 0 Å². The number of benzene rings is 5. The molecule has 0 aliphatic carbocycles. The van der Waals surface area contributed by atoms with Gasteiger partial charge in [-0.3, -0.25) is 9.69 Å². The van der Waals surface area contributed by atoms with Crippen LogP contribution in [0.2, 0.25) is 0 Å². The van der Waals surface area contributed by atoms with Crippen molar-refractivity contribution >= 4 is 18.0 Å². The van der Waals surface area contributed by atoms with Crippen molar-refractivity contribution in [3.8, 4) is 28.4 Å². The van der Waals surface area contributed by atoms with Crippen molar-refractivity contribution in [3.05, 3.63) is 149 Å². The summed E-state index contributed by atoms with van der Waals surface area (Å²) in [5.74, 6) is -0.122. The molecular formula is C44H41F3N2O7. The van der Waals surface area contributed by atoms with Gasteiger partial charge in [0.05, 0.1) is 12.1 Å². The van der Waals surface area contributed by atoms with Gasteiger partial charge >= 0.3 is 18.2 Å². The summed E-state index contributed by atoms with van der Waals surface area (Å²) in [5, 5.41) is 12.8. The van der Waals surface area contributed by atoms with Crippen LogP contribution in [0.15, 0.2) is 121 Å². The van der Waals surface area contributed by atoms with Crippen molar-refractivity contribution in [3.63, 3.8) is 0 Å². The molecule has 1 aliphatic heterocycles. The maximum atomic E-state index is 13.9. The van der Waals surface area contributed by atoms with Gasteiger partial charge in [0.15, 0.2) is 0 Å². The van der Waals surface area contributed by atoms with Gasteiger partial charge in [0, 0.05) is 18.4 Å². The summed E-state index contributed by atoms with van der Waals surface area (Å²) in [6, 6.07) is 31.8. The second kappa shape index (κ2) is 16.6. The van der Waals surface area contributed by atoms with E-state index in [-0.39, 0.29) is 26.0 Å². The molecule has 1 aliphatic rings. The Kier molecular flexibility index (Phi) is 11.7. The second-order valence-corrected chi connectivity index (χ2v) is 14.5. The number of para-hydroxylation sites is 2. The van der Waals surface area contributed by atoms with Gasteiger partial charge in [0.1, 0.15) is 41.5 Å². The lowest BCUT2D eigenvalue weighted by molar-refractivity contribution is -0.142. The average Bonchev–Trinajstić information content (AvgIpc) is 3.16. The zero-order valence-electron chi connectivity index (χ0n) is 31.0. The van der Waals surface area contributed by atoms with E-state index in [1.54, 1.807) is 51.1 Å².